The Balaban J connectivity index is 1.91. The van der Waals surface area contributed by atoms with Gasteiger partial charge in [0, 0.05) is 30.5 Å². The Morgan fingerprint density at radius 2 is 1.86 bits per heavy atom. The number of hydrogen-bond donors (Lipinski definition) is 1. The quantitative estimate of drug-likeness (QED) is 0.892. The van der Waals surface area contributed by atoms with E-state index in [4.69, 9.17) is 0 Å². The summed E-state index contributed by atoms with van der Waals surface area (Å²) in [6.07, 6.45) is 4.72. The number of alkyl halides is 2. The van der Waals surface area contributed by atoms with Crippen LogP contribution in [-0.4, -0.2) is 26.5 Å². The second-order valence-corrected chi connectivity index (χ2v) is 8.61. The van der Waals surface area contributed by atoms with Gasteiger partial charge in [0.2, 0.25) is 0 Å². The molecule has 0 unspecified atom stereocenters. The molecule has 0 heterocycles. The zero-order chi connectivity index (χ0) is 16.4. The van der Waals surface area contributed by atoms with Gasteiger partial charge in [-0.3, -0.25) is 0 Å². The number of rotatable bonds is 5. The number of hydrogen-bond acceptors (Lipinski definition) is 3. The van der Waals surface area contributed by atoms with E-state index in [0.717, 1.165) is 32.6 Å². The first-order chi connectivity index (χ1) is 10.1. The predicted octanol–water partition coefficient (Wildman–Crippen LogP) is 3.81. The lowest BCUT2D eigenvalue weighted by atomic mass is 9.87. The van der Waals surface area contributed by atoms with Gasteiger partial charge in [0.15, 0.2) is 0 Å². The van der Waals surface area contributed by atoms with Crippen molar-refractivity contribution in [3.05, 3.63) is 29.8 Å². The Hall–Kier alpha value is -1.17. The van der Waals surface area contributed by atoms with Crippen LogP contribution < -0.4 is 5.32 Å². The molecule has 1 saturated carbocycles. The molecule has 2 rings (SSSR count). The van der Waals surface area contributed by atoms with E-state index in [1.807, 2.05) is 0 Å². The molecule has 1 N–H and O–H groups in total. The van der Waals surface area contributed by atoms with Crippen molar-refractivity contribution in [2.24, 2.45) is 5.92 Å². The largest absolute Gasteiger partial charge is 0.382 e. The lowest BCUT2D eigenvalue weighted by molar-refractivity contribution is 0.0175. The molecule has 1 fully saturated rings. The normalized spacial score (nSPS) is 23.3. The summed E-state index contributed by atoms with van der Waals surface area (Å²) < 4.78 is 49.3. The summed E-state index contributed by atoms with van der Waals surface area (Å²) in [5, 5.41) is 3.29. The van der Waals surface area contributed by atoms with Gasteiger partial charge in [-0.2, -0.15) is 0 Å². The molecule has 3 nitrogen and oxygen atoms in total. The molecule has 1 aliphatic rings. The highest BCUT2D eigenvalue weighted by molar-refractivity contribution is 7.90. The molecule has 0 radical (unpaired) electrons. The number of halogens is 2. The first-order valence-electron chi connectivity index (χ1n) is 7.56. The predicted molar refractivity (Wildman–Crippen MR) is 85.1 cm³/mol. The summed E-state index contributed by atoms with van der Waals surface area (Å²) in [4.78, 5) is 0. The molecule has 22 heavy (non-hydrogen) atoms. The molecule has 6 heteroatoms. The SMILES string of the molecule is CC(F)(F)c1cccc(NC2CCC(CS(C)(=O)=O)CC2)c1. The van der Waals surface area contributed by atoms with Crippen LogP contribution in [0.1, 0.15) is 38.2 Å². The van der Waals surface area contributed by atoms with Crippen LogP contribution in [0.5, 0.6) is 0 Å². The van der Waals surface area contributed by atoms with Crippen molar-refractivity contribution in [3.63, 3.8) is 0 Å². The lowest BCUT2D eigenvalue weighted by Crippen LogP contribution is -2.29. The molecule has 0 bridgehead atoms. The Labute approximate surface area is 131 Å². The van der Waals surface area contributed by atoms with Crippen LogP contribution in [0.15, 0.2) is 24.3 Å². The third-order valence-corrected chi connectivity index (χ3v) is 5.20. The van der Waals surface area contributed by atoms with Gasteiger partial charge < -0.3 is 5.32 Å². The minimum absolute atomic E-state index is 0.00302. The fourth-order valence-electron chi connectivity index (χ4n) is 3.02. The van der Waals surface area contributed by atoms with Crippen molar-refractivity contribution in [1.82, 2.24) is 0 Å². The van der Waals surface area contributed by atoms with Crippen molar-refractivity contribution >= 4 is 15.5 Å². The molecule has 1 aromatic rings. The molecular weight excluding hydrogens is 308 g/mol. The van der Waals surface area contributed by atoms with Crippen LogP contribution in [0.25, 0.3) is 0 Å². The molecule has 1 aromatic carbocycles. The van der Waals surface area contributed by atoms with Crippen molar-refractivity contribution in [2.75, 3.05) is 17.3 Å². The molecule has 1 aliphatic carbocycles. The smallest absolute Gasteiger partial charge is 0.270 e. The highest BCUT2D eigenvalue weighted by Gasteiger charge is 2.26. The first-order valence-corrected chi connectivity index (χ1v) is 9.62. The molecular formula is C16H23F2NO2S. The topological polar surface area (TPSA) is 46.2 Å². The first kappa shape index (κ1) is 17.2. The monoisotopic (exact) mass is 331 g/mol. The Morgan fingerprint density at radius 1 is 1.23 bits per heavy atom. The van der Waals surface area contributed by atoms with E-state index in [1.165, 1.54) is 18.4 Å². The summed E-state index contributed by atoms with van der Waals surface area (Å²) in [6.45, 7) is 0.891. The molecule has 0 aromatic heterocycles. The molecule has 0 spiro atoms. The summed E-state index contributed by atoms with van der Waals surface area (Å²) >= 11 is 0. The Morgan fingerprint density at radius 3 is 2.41 bits per heavy atom. The van der Waals surface area contributed by atoms with E-state index in [1.54, 1.807) is 12.1 Å². The molecule has 124 valence electrons. The highest BCUT2D eigenvalue weighted by Crippen LogP contribution is 2.31. The van der Waals surface area contributed by atoms with E-state index in [9.17, 15) is 17.2 Å². The van der Waals surface area contributed by atoms with Gasteiger partial charge >= 0.3 is 0 Å². The number of nitrogens with one attached hydrogen (secondary N) is 1. The minimum atomic E-state index is -2.93. The lowest BCUT2D eigenvalue weighted by Gasteiger charge is -2.29. The molecule has 0 aliphatic heterocycles. The Kier molecular flexibility index (Phi) is 5.10. The van der Waals surface area contributed by atoms with Crippen molar-refractivity contribution in [2.45, 2.75) is 44.6 Å². The maximum Gasteiger partial charge on any atom is 0.270 e. The van der Waals surface area contributed by atoms with Gasteiger partial charge in [-0.1, -0.05) is 12.1 Å². The zero-order valence-electron chi connectivity index (χ0n) is 13.0. The van der Waals surface area contributed by atoms with Crippen molar-refractivity contribution in [1.29, 1.82) is 0 Å². The fourth-order valence-corrected chi connectivity index (χ4v) is 4.21. The third kappa shape index (κ3) is 5.23. The maximum absolute atomic E-state index is 13.3. The second kappa shape index (κ2) is 6.52. The van der Waals surface area contributed by atoms with Crippen LogP contribution in [0.3, 0.4) is 0 Å². The van der Waals surface area contributed by atoms with Gasteiger partial charge in [0.25, 0.3) is 5.92 Å². The van der Waals surface area contributed by atoms with E-state index in [-0.39, 0.29) is 23.3 Å². The summed E-state index contributed by atoms with van der Waals surface area (Å²) in [5.41, 5.74) is 0.703. The van der Waals surface area contributed by atoms with E-state index in [2.05, 4.69) is 5.32 Å². The molecule has 0 amide bonds. The second-order valence-electron chi connectivity index (χ2n) is 6.42. The van der Waals surface area contributed by atoms with E-state index >= 15 is 0 Å². The van der Waals surface area contributed by atoms with Crippen LogP contribution in [-0.2, 0) is 15.8 Å². The van der Waals surface area contributed by atoms with E-state index < -0.39 is 15.8 Å². The van der Waals surface area contributed by atoms with E-state index in [0.29, 0.717) is 5.69 Å². The standard InChI is InChI=1S/C16H23F2NO2S/c1-16(17,18)13-4-3-5-15(10-13)19-14-8-6-12(7-9-14)11-22(2,20)21/h3-5,10,12,14,19H,6-9,11H2,1-2H3. The summed E-state index contributed by atoms with van der Waals surface area (Å²) in [6, 6.07) is 6.55. The zero-order valence-corrected chi connectivity index (χ0v) is 13.8. The number of anilines is 1. The Bertz CT molecular complexity index is 603. The maximum atomic E-state index is 13.3. The van der Waals surface area contributed by atoms with Crippen LogP contribution in [0, 0.1) is 5.92 Å². The average Bonchev–Trinajstić information content (AvgIpc) is 2.39. The minimum Gasteiger partial charge on any atom is -0.382 e. The third-order valence-electron chi connectivity index (χ3n) is 4.13. The van der Waals surface area contributed by atoms with Gasteiger partial charge in [-0.15, -0.1) is 0 Å². The van der Waals surface area contributed by atoms with Crippen LogP contribution in [0.4, 0.5) is 14.5 Å². The average molecular weight is 331 g/mol. The molecule has 0 saturated heterocycles. The van der Waals surface area contributed by atoms with Crippen LogP contribution in [0.2, 0.25) is 0 Å². The number of sulfone groups is 1. The van der Waals surface area contributed by atoms with Gasteiger partial charge in [-0.25, -0.2) is 17.2 Å². The highest BCUT2D eigenvalue weighted by atomic mass is 32.2. The summed E-state index contributed by atoms with van der Waals surface area (Å²) in [5.74, 6) is -2.37. The van der Waals surface area contributed by atoms with Crippen LogP contribution >= 0.6 is 0 Å². The number of benzene rings is 1. The van der Waals surface area contributed by atoms with Gasteiger partial charge in [0.05, 0.1) is 5.75 Å². The van der Waals surface area contributed by atoms with Crippen molar-refractivity contribution in [3.8, 4) is 0 Å². The fraction of sp³-hybridized carbons (Fsp3) is 0.625. The van der Waals surface area contributed by atoms with Crippen molar-refractivity contribution < 1.29 is 17.2 Å². The summed E-state index contributed by atoms with van der Waals surface area (Å²) in [7, 11) is -2.93. The van der Waals surface area contributed by atoms with Gasteiger partial charge in [0.1, 0.15) is 9.84 Å². The molecule has 0 atom stereocenters. The van der Waals surface area contributed by atoms with Gasteiger partial charge in [-0.05, 0) is 43.7 Å².